The smallest absolute Gasteiger partial charge is 0.212 e. The molecule has 1 aromatic heterocycles. The molecule has 0 saturated heterocycles. The maximum atomic E-state index is 12.8. The molecule has 0 saturated carbocycles. The van der Waals surface area contributed by atoms with Gasteiger partial charge in [0.25, 0.3) is 0 Å². The minimum Gasteiger partial charge on any atom is -0.308 e. The lowest BCUT2D eigenvalue weighted by Crippen LogP contribution is -2.33. The third-order valence-electron chi connectivity index (χ3n) is 2.64. The predicted octanol–water partition coefficient (Wildman–Crippen LogP) is 1.20. The Balaban J connectivity index is 2.52. The summed E-state index contributed by atoms with van der Waals surface area (Å²) in [6, 6.07) is 2.88. The van der Waals surface area contributed by atoms with Crippen LogP contribution in [0.4, 0.5) is 4.39 Å². The molecule has 0 amide bonds. The van der Waals surface area contributed by atoms with Gasteiger partial charge in [-0.1, -0.05) is 13.8 Å². The van der Waals surface area contributed by atoms with E-state index in [4.69, 9.17) is 0 Å². The number of hydrogen-bond donors (Lipinski definition) is 2. The Labute approximate surface area is 113 Å². The fourth-order valence-corrected chi connectivity index (χ4v) is 2.68. The van der Waals surface area contributed by atoms with E-state index in [9.17, 15) is 12.8 Å². The van der Waals surface area contributed by atoms with Crippen LogP contribution in [0.15, 0.2) is 18.3 Å². The van der Waals surface area contributed by atoms with Gasteiger partial charge >= 0.3 is 0 Å². The molecule has 0 fully saturated rings. The SMILES string of the molecule is CCNS(=O)(=O)CCNC(CC)c1ccc(F)cn1. The fourth-order valence-electron chi connectivity index (χ4n) is 1.71. The van der Waals surface area contributed by atoms with Crippen molar-refractivity contribution in [1.29, 1.82) is 0 Å². The molecular formula is C12H20FN3O2S. The number of sulfonamides is 1. The molecule has 0 aliphatic rings. The summed E-state index contributed by atoms with van der Waals surface area (Å²) in [5.74, 6) is -0.369. The largest absolute Gasteiger partial charge is 0.308 e. The van der Waals surface area contributed by atoms with Crippen LogP contribution in [-0.2, 0) is 10.0 Å². The summed E-state index contributed by atoms with van der Waals surface area (Å²) < 4.78 is 38.1. The third kappa shape index (κ3) is 5.63. The topological polar surface area (TPSA) is 71.1 Å². The van der Waals surface area contributed by atoms with Gasteiger partial charge in [0.05, 0.1) is 17.6 Å². The molecule has 0 spiro atoms. The quantitative estimate of drug-likeness (QED) is 0.754. The molecule has 108 valence electrons. The number of nitrogens with one attached hydrogen (secondary N) is 2. The van der Waals surface area contributed by atoms with Gasteiger partial charge in [0.2, 0.25) is 10.0 Å². The summed E-state index contributed by atoms with van der Waals surface area (Å²) in [5, 5.41) is 3.12. The highest BCUT2D eigenvalue weighted by molar-refractivity contribution is 7.89. The molecule has 1 unspecified atom stereocenters. The molecule has 0 aliphatic heterocycles. The van der Waals surface area contributed by atoms with E-state index in [0.29, 0.717) is 18.8 Å². The van der Waals surface area contributed by atoms with E-state index in [0.717, 1.165) is 12.6 Å². The van der Waals surface area contributed by atoms with Crippen LogP contribution in [0.5, 0.6) is 0 Å². The van der Waals surface area contributed by atoms with Gasteiger partial charge in [0, 0.05) is 19.1 Å². The van der Waals surface area contributed by atoms with Crippen LogP contribution in [0.3, 0.4) is 0 Å². The monoisotopic (exact) mass is 289 g/mol. The maximum Gasteiger partial charge on any atom is 0.212 e. The first-order chi connectivity index (χ1) is 8.98. The molecule has 0 aromatic carbocycles. The second-order valence-corrected chi connectivity index (χ2v) is 6.06. The van der Waals surface area contributed by atoms with Crippen molar-refractivity contribution in [3.05, 3.63) is 29.8 Å². The van der Waals surface area contributed by atoms with Crippen LogP contribution in [0.25, 0.3) is 0 Å². The van der Waals surface area contributed by atoms with Crippen LogP contribution in [-0.4, -0.2) is 32.2 Å². The minimum atomic E-state index is -3.22. The third-order valence-corrected chi connectivity index (χ3v) is 4.11. The Morgan fingerprint density at radius 3 is 2.63 bits per heavy atom. The van der Waals surface area contributed by atoms with Crippen LogP contribution in [0.2, 0.25) is 0 Å². The number of pyridine rings is 1. The molecule has 19 heavy (non-hydrogen) atoms. The molecule has 1 rings (SSSR count). The molecular weight excluding hydrogens is 269 g/mol. The van der Waals surface area contributed by atoms with Crippen LogP contribution in [0, 0.1) is 5.82 Å². The van der Waals surface area contributed by atoms with Crippen molar-refractivity contribution in [2.24, 2.45) is 0 Å². The van der Waals surface area contributed by atoms with Gasteiger partial charge in [0.1, 0.15) is 5.82 Å². The van der Waals surface area contributed by atoms with E-state index >= 15 is 0 Å². The van der Waals surface area contributed by atoms with E-state index in [2.05, 4.69) is 15.0 Å². The van der Waals surface area contributed by atoms with Crippen LogP contribution in [0.1, 0.15) is 32.0 Å². The van der Waals surface area contributed by atoms with Crippen LogP contribution < -0.4 is 10.0 Å². The van der Waals surface area contributed by atoms with Gasteiger partial charge in [-0.3, -0.25) is 4.98 Å². The van der Waals surface area contributed by atoms with Crippen molar-refractivity contribution < 1.29 is 12.8 Å². The van der Waals surface area contributed by atoms with Crippen molar-refractivity contribution in [3.63, 3.8) is 0 Å². The molecule has 7 heteroatoms. The Kier molecular flexibility index (Phi) is 6.33. The first-order valence-electron chi connectivity index (χ1n) is 6.30. The molecule has 0 radical (unpaired) electrons. The summed E-state index contributed by atoms with van der Waals surface area (Å²) in [5.41, 5.74) is 0.713. The maximum absolute atomic E-state index is 12.8. The Hall–Kier alpha value is -1.05. The van der Waals surface area contributed by atoms with Crippen molar-refractivity contribution in [2.45, 2.75) is 26.3 Å². The first kappa shape index (κ1) is 16.0. The average Bonchev–Trinajstić information content (AvgIpc) is 2.36. The molecule has 0 bridgehead atoms. The summed E-state index contributed by atoms with van der Waals surface area (Å²) in [7, 11) is -3.22. The van der Waals surface area contributed by atoms with E-state index in [-0.39, 0.29) is 17.6 Å². The lowest BCUT2D eigenvalue weighted by atomic mass is 10.1. The van der Waals surface area contributed by atoms with Crippen molar-refractivity contribution in [3.8, 4) is 0 Å². The fraction of sp³-hybridized carbons (Fsp3) is 0.583. The number of hydrogen-bond acceptors (Lipinski definition) is 4. The van der Waals surface area contributed by atoms with Crippen LogP contribution >= 0.6 is 0 Å². The van der Waals surface area contributed by atoms with E-state index in [1.54, 1.807) is 13.0 Å². The minimum absolute atomic E-state index is 0.0124. The predicted molar refractivity (Wildman–Crippen MR) is 72.7 cm³/mol. The molecule has 0 aliphatic carbocycles. The molecule has 5 nitrogen and oxygen atoms in total. The summed E-state index contributed by atoms with van der Waals surface area (Å²) in [4.78, 5) is 4.00. The average molecular weight is 289 g/mol. The van der Waals surface area contributed by atoms with Crippen molar-refractivity contribution in [1.82, 2.24) is 15.0 Å². The Bertz CT molecular complexity index is 476. The van der Waals surface area contributed by atoms with Gasteiger partial charge in [-0.25, -0.2) is 17.5 Å². The molecule has 1 aromatic rings. The van der Waals surface area contributed by atoms with Gasteiger partial charge in [-0.15, -0.1) is 0 Å². The Morgan fingerprint density at radius 2 is 2.11 bits per heavy atom. The van der Waals surface area contributed by atoms with Gasteiger partial charge in [-0.2, -0.15) is 0 Å². The zero-order valence-corrected chi connectivity index (χ0v) is 12.0. The molecule has 2 N–H and O–H groups in total. The number of rotatable bonds is 8. The van der Waals surface area contributed by atoms with E-state index < -0.39 is 10.0 Å². The lowest BCUT2D eigenvalue weighted by molar-refractivity contribution is 0.515. The van der Waals surface area contributed by atoms with Gasteiger partial charge < -0.3 is 5.32 Å². The number of halogens is 1. The highest BCUT2D eigenvalue weighted by atomic mass is 32.2. The summed E-state index contributed by atoms with van der Waals surface area (Å²) in [6.07, 6.45) is 1.91. The molecule has 1 atom stereocenters. The lowest BCUT2D eigenvalue weighted by Gasteiger charge is -2.16. The van der Waals surface area contributed by atoms with E-state index in [1.807, 2.05) is 6.92 Å². The second kappa shape index (κ2) is 7.52. The highest BCUT2D eigenvalue weighted by Crippen LogP contribution is 2.13. The van der Waals surface area contributed by atoms with E-state index in [1.165, 1.54) is 6.07 Å². The summed E-state index contributed by atoms with van der Waals surface area (Å²) >= 11 is 0. The van der Waals surface area contributed by atoms with Crippen molar-refractivity contribution in [2.75, 3.05) is 18.8 Å². The summed E-state index contributed by atoms with van der Waals surface area (Å²) in [6.45, 7) is 4.41. The second-order valence-electron chi connectivity index (χ2n) is 4.13. The zero-order chi connectivity index (χ0) is 14.3. The highest BCUT2D eigenvalue weighted by Gasteiger charge is 2.13. The standard InChI is InChI=1S/C12H20FN3O2S/c1-3-11(12-6-5-10(13)9-15-12)14-7-8-19(17,18)16-4-2/h5-6,9,11,14,16H,3-4,7-8H2,1-2H3. The Morgan fingerprint density at radius 1 is 1.37 bits per heavy atom. The molecule has 1 heterocycles. The number of aromatic nitrogens is 1. The van der Waals surface area contributed by atoms with Crippen molar-refractivity contribution >= 4 is 10.0 Å². The van der Waals surface area contributed by atoms with Gasteiger partial charge in [0.15, 0.2) is 0 Å². The first-order valence-corrected chi connectivity index (χ1v) is 7.96. The number of nitrogens with zero attached hydrogens (tertiary/aromatic N) is 1. The van der Waals surface area contributed by atoms with Gasteiger partial charge in [-0.05, 0) is 18.6 Å². The zero-order valence-electron chi connectivity index (χ0n) is 11.2. The normalized spacial score (nSPS) is 13.4.